The van der Waals surface area contributed by atoms with Crippen molar-refractivity contribution >= 4 is 29.9 Å². The van der Waals surface area contributed by atoms with Crippen LogP contribution in [0.15, 0.2) is 0 Å². The Labute approximate surface area is 180 Å². The van der Waals surface area contributed by atoms with Crippen LogP contribution < -0.4 is 10.6 Å². The van der Waals surface area contributed by atoms with Gasteiger partial charge in [0.25, 0.3) is 6.23 Å². The van der Waals surface area contributed by atoms with Crippen molar-refractivity contribution in [1.82, 2.24) is 15.5 Å². The van der Waals surface area contributed by atoms with Crippen molar-refractivity contribution < 1.29 is 43.3 Å². The Morgan fingerprint density at radius 1 is 1.10 bits per heavy atom. The van der Waals surface area contributed by atoms with Gasteiger partial charge in [0.05, 0.1) is 6.04 Å². The highest BCUT2D eigenvalue weighted by atomic mass is 16.6. The average Bonchev–Trinajstić information content (AvgIpc) is 2.58. The standard InChI is InChI=1S/C19H31N3O9/c1-18(2,3)30-16(27)15(26)29-13(14(24)25)22-10-9-20-11(12(22)23)7-8-21-17(28)31-19(4,5)6/h11,13,20H,7-10H2,1-6H3,(H,21,28)(H,24,25)/t11-,13?/m0/s1. The molecule has 1 unspecified atom stereocenters. The zero-order chi connectivity index (χ0) is 24.0. The van der Waals surface area contributed by atoms with Crippen LogP contribution in [0.25, 0.3) is 0 Å². The van der Waals surface area contributed by atoms with Gasteiger partial charge in [-0.3, -0.25) is 9.69 Å². The minimum Gasteiger partial charge on any atom is -0.477 e. The van der Waals surface area contributed by atoms with E-state index in [1.54, 1.807) is 20.8 Å². The van der Waals surface area contributed by atoms with Gasteiger partial charge in [-0.1, -0.05) is 0 Å². The number of carbonyl (C=O) groups is 5. The lowest BCUT2D eigenvalue weighted by atomic mass is 10.1. The Balaban J connectivity index is 2.72. The van der Waals surface area contributed by atoms with E-state index < -0.39 is 53.4 Å². The molecule has 0 aromatic heterocycles. The van der Waals surface area contributed by atoms with Crippen LogP contribution in [0.4, 0.5) is 4.79 Å². The normalized spacial score (nSPS) is 18.1. The fourth-order valence-corrected chi connectivity index (χ4v) is 2.56. The molecule has 1 aliphatic heterocycles. The lowest BCUT2D eigenvalue weighted by Crippen LogP contribution is -2.61. The van der Waals surface area contributed by atoms with Gasteiger partial charge in [-0.2, -0.15) is 0 Å². The molecule has 12 heteroatoms. The number of alkyl carbamates (subject to hydrolysis) is 1. The van der Waals surface area contributed by atoms with Crippen LogP contribution in [-0.2, 0) is 33.4 Å². The third kappa shape index (κ3) is 9.20. The molecule has 1 saturated heterocycles. The molecule has 0 bridgehead atoms. The van der Waals surface area contributed by atoms with E-state index in [2.05, 4.69) is 10.6 Å². The molecule has 3 N–H and O–H groups in total. The molecular weight excluding hydrogens is 414 g/mol. The van der Waals surface area contributed by atoms with E-state index in [0.29, 0.717) is 0 Å². The minimum atomic E-state index is -1.99. The fraction of sp³-hybridized carbons (Fsp3) is 0.737. The first-order valence-electron chi connectivity index (χ1n) is 9.78. The number of hydrogen-bond acceptors (Lipinski definition) is 9. The van der Waals surface area contributed by atoms with Crippen molar-refractivity contribution in [3.05, 3.63) is 0 Å². The smallest absolute Gasteiger partial charge is 0.419 e. The summed E-state index contributed by atoms with van der Waals surface area (Å²) in [6, 6.07) is -0.828. The van der Waals surface area contributed by atoms with E-state index in [0.717, 1.165) is 4.90 Å². The second-order valence-corrected chi connectivity index (χ2v) is 8.85. The second-order valence-electron chi connectivity index (χ2n) is 8.85. The van der Waals surface area contributed by atoms with Gasteiger partial charge in [0.2, 0.25) is 5.91 Å². The van der Waals surface area contributed by atoms with Crippen molar-refractivity contribution in [1.29, 1.82) is 0 Å². The van der Waals surface area contributed by atoms with Crippen molar-refractivity contribution in [2.75, 3.05) is 19.6 Å². The Kier molecular flexibility index (Phi) is 8.79. The van der Waals surface area contributed by atoms with Crippen LogP contribution in [0.1, 0.15) is 48.0 Å². The predicted molar refractivity (Wildman–Crippen MR) is 106 cm³/mol. The van der Waals surface area contributed by atoms with E-state index in [9.17, 15) is 29.1 Å². The Bertz CT molecular complexity index is 709. The highest BCUT2D eigenvalue weighted by molar-refractivity contribution is 6.30. The summed E-state index contributed by atoms with van der Waals surface area (Å²) < 4.78 is 14.7. The first-order valence-corrected chi connectivity index (χ1v) is 9.78. The second kappa shape index (κ2) is 10.4. The summed E-state index contributed by atoms with van der Waals surface area (Å²) in [4.78, 5) is 60.6. The summed E-state index contributed by atoms with van der Waals surface area (Å²) in [5.74, 6) is -5.14. The van der Waals surface area contributed by atoms with Crippen LogP contribution in [0.3, 0.4) is 0 Å². The van der Waals surface area contributed by atoms with Gasteiger partial charge in [0.15, 0.2) is 0 Å². The maximum atomic E-state index is 12.7. The molecule has 1 fully saturated rings. The molecule has 31 heavy (non-hydrogen) atoms. The summed E-state index contributed by atoms with van der Waals surface area (Å²) in [7, 11) is 0. The highest BCUT2D eigenvalue weighted by Gasteiger charge is 2.40. The van der Waals surface area contributed by atoms with Gasteiger partial charge in [0, 0.05) is 19.6 Å². The van der Waals surface area contributed by atoms with Gasteiger partial charge in [-0.05, 0) is 48.0 Å². The third-order valence-electron chi connectivity index (χ3n) is 3.70. The Hall–Kier alpha value is -2.89. The Morgan fingerprint density at radius 2 is 1.68 bits per heavy atom. The summed E-state index contributed by atoms with van der Waals surface area (Å²) in [5.41, 5.74) is -1.65. The number of carboxylic acids is 1. The van der Waals surface area contributed by atoms with E-state index in [4.69, 9.17) is 14.2 Å². The molecule has 1 aliphatic rings. The fourth-order valence-electron chi connectivity index (χ4n) is 2.56. The first-order chi connectivity index (χ1) is 14.1. The van der Waals surface area contributed by atoms with Gasteiger partial charge < -0.3 is 30.0 Å². The molecule has 0 aliphatic carbocycles. The number of hydrogen-bond donors (Lipinski definition) is 3. The van der Waals surface area contributed by atoms with E-state index in [-0.39, 0.29) is 26.1 Å². The van der Waals surface area contributed by atoms with Crippen LogP contribution in [-0.4, -0.2) is 83.0 Å². The van der Waals surface area contributed by atoms with Crippen LogP contribution in [0.5, 0.6) is 0 Å². The summed E-state index contributed by atoms with van der Waals surface area (Å²) in [6.45, 7) is 9.96. The zero-order valence-corrected chi connectivity index (χ0v) is 18.6. The number of nitrogens with zero attached hydrogens (tertiary/aromatic N) is 1. The zero-order valence-electron chi connectivity index (χ0n) is 18.6. The van der Waals surface area contributed by atoms with Crippen LogP contribution >= 0.6 is 0 Å². The number of aliphatic carboxylic acids is 1. The van der Waals surface area contributed by atoms with Crippen molar-refractivity contribution in [3.63, 3.8) is 0 Å². The number of ether oxygens (including phenoxy) is 3. The molecule has 0 saturated carbocycles. The maximum absolute atomic E-state index is 12.7. The third-order valence-corrected chi connectivity index (χ3v) is 3.70. The molecule has 1 heterocycles. The van der Waals surface area contributed by atoms with Gasteiger partial charge >= 0.3 is 24.0 Å². The molecular formula is C19H31N3O9. The van der Waals surface area contributed by atoms with E-state index in [1.165, 1.54) is 20.8 Å². The monoisotopic (exact) mass is 445 g/mol. The maximum Gasteiger partial charge on any atom is 0.419 e. The molecule has 2 atom stereocenters. The van der Waals surface area contributed by atoms with Crippen LogP contribution in [0.2, 0.25) is 0 Å². The summed E-state index contributed by atoms with van der Waals surface area (Å²) in [5, 5.41) is 14.9. The molecule has 0 aromatic rings. The van der Waals surface area contributed by atoms with Crippen LogP contribution in [0, 0.1) is 0 Å². The molecule has 2 amide bonds. The van der Waals surface area contributed by atoms with E-state index in [1.807, 2.05) is 0 Å². The number of esters is 2. The number of rotatable bonds is 6. The lowest BCUT2D eigenvalue weighted by molar-refractivity contribution is -0.192. The highest BCUT2D eigenvalue weighted by Crippen LogP contribution is 2.13. The number of carboxylic acid groups (broad SMARTS) is 1. The molecule has 0 aromatic carbocycles. The van der Waals surface area contributed by atoms with E-state index >= 15 is 0 Å². The van der Waals surface area contributed by atoms with Crippen molar-refractivity contribution in [3.8, 4) is 0 Å². The molecule has 1 rings (SSSR count). The number of amides is 2. The number of carbonyl (C=O) groups excluding carboxylic acids is 4. The van der Waals surface area contributed by atoms with Crippen molar-refractivity contribution in [2.45, 2.75) is 71.4 Å². The topological polar surface area (TPSA) is 161 Å². The summed E-state index contributed by atoms with van der Waals surface area (Å²) >= 11 is 0. The summed E-state index contributed by atoms with van der Waals surface area (Å²) in [6.07, 6.45) is -2.50. The van der Waals surface area contributed by atoms with Gasteiger partial charge in [-0.25, -0.2) is 19.2 Å². The largest absolute Gasteiger partial charge is 0.477 e. The number of nitrogens with one attached hydrogen (secondary N) is 2. The SMILES string of the molecule is CC(C)(C)OC(=O)NCC[C@@H]1NCCN(C(OC(=O)C(=O)OC(C)(C)C)C(=O)O)C1=O. The first kappa shape index (κ1) is 26.1. The molecule has 176 valence electrons. The minimum absolute atomic E-state index is 0.0621. The van der Waals surface area contributed by atoms with Gasteiger partial charge in [-0.15, -0.1) is 0 Å². The predicted octanol–water partition coefficient (Wildman–Crippen LogP) is -0.00280. The average molecular weight is 445 g/mol. The van der Waals surface area contributed by atoms with Gasteiger partial charge in [0.1, 0.15) is 11.2 Å². The Morgan fingerprint density at radius 3 is 2.19 bits per heavy atom. The van der Waals surface area contributed by atoms with Crippen molar-refractivity contribution in [2.24, 2.45) is 0 Å². The quantitative estimate of drug-likeness (QED) is 0.288. The number of piperazine rings is 1. The lowest BCUT2D eigenvalue weighted by Gasteiger charge is -2.36. The molecule has 0 radical (unpaired) electrons. The molecule has 0 spiro atoms. The molecule has 12 nitrogen and oxygen atoms in total.